The first kappa shape index (κ1) is 22.3. The van der Waals surface area contributed by atoms with Gasteiger partial charge in [0.25, 0.3) is 0 Å². The number of likely N-dealkylation sites (N-methyl/N-ethyl adjacent to an activating group) is 1. The summed E-state index contributed by atoms with van der Waals surface area (Å²) >= 11 is 0. The fraction of sp³-hybridized carbons (Fsp3) is 0.320. The van der Waals surface area contributed by atoms with Crippen LogP contribution in [-0.4, -0.2) is 48.3 Å². The highest BCUT2D eigenvalue weighted by molar-refractivity contribution is 5.96. The van der Waals surface area contributed by atoms with Crippen LogP contribution in [0.15, 0.2) is 66.7 Å². The van der Waals surface area contributed by atoms with Gasteiger partial charge in [0.15, 0.2) is 0 Å². The zero-order chi connectivity index (χ0) is 22.1. The van der Waals surface area contributed by atoms with E-state index in [0.717, 1.165) is 24.0 Å². The van der Waals surface area contributed by atoms with E-state index in [1.807, 2.05) is 60.7 Å². The van der Waals surface area contributed by atoms with E-state index in [2.05, 4.69) is 10.6 Å². The van der Waals surface area contributed by atoms with Gasteiger partial charge >= 0.3 is 0 Å². The second kappa shape index (κ2) is 11.1. The molecular formula is C25H29N3O3. The van der Waals surface area contributed by atoms with E-state index in [9.17, 15) is 14.4 Å². The molecule has 1 saturated heterocycles. The highest BCUT2D eigenvalue weighted by Crippen LogP contribution is 2.12. The highest BCUT2D eigenvalue weighted by Gasteiger charge is 2.30. The molecule has 1 aliphatic rings. The van der Waals surface area contributed by atoms with Gasteiger partial charge in [0.2, 0.25) is 17.7 Å². The maximum absolute atomic E-state index is 13.2. The van der Waals surface area contributed by atoms with Gasteiger partial charge < -0.3 is 15.5 Å². The third-order valence-electron chi connectivity index (χ3n) is 5.46. The van der Waals surface area contributed by atoms with Crippen LogP contribution >= 0.6 is 0 Å². The summed E-state index contributed by atoms with van der Waals surface area (Å²) in [4.78, 5) is 39.7. The molecule has 6 nitrogen and oxygen atoms in total. The number of hydrogen-bond acceptors (Lipinski definition) is 3. The first-order valence-electron chi connectivity index (χ1n) is 10.7. The molecule has 0 unspecified atom stereocenters. The normalized spacial score (nSPS) is 17.5. The molecule has 1 aliphatic heterocycles. The van der Waals surface area contributed by atoms with E-state index < -0.39 is 12.1 Å². The SMILES string of the molecule is CN(C(=O)/C=C/c1ccccc1)[C@@H](Cc1ccccc1)C(=O)N[C@H]1CCCCNC1=O. The lowest BCUT2D eigenvalue weighted by atomic mass is 10.0. The molecular weight excluding hydrogens is 390 g/mol. The molecule has 3 amide bonds. The Hall–Kier alpha value is -3.41. The Morgan fingerprint density at radius 3 is 2.48 bits per heavy atom. The summed E-state index contributed by atoms with van der Waals surface area (Å²) in [6, 6.07) is 17.8. The Morgan fingerprint density at radius 1 is 1.10 bits per heavy atom. The maximum atomic E-state index is 13.2. The first-order chi connectivity index (χ1) is 15.0. The fourth-order valence-corrected chi connectivity index (χ4v) is 3.59. The molecule has 2 aromatic rings. The van der Waals surface area contributed by atoms with Crippen LogP contribution in [0.4, 0.5) is 0 Å². The van der Waals surface area contributed by atoms with Crippen molar-refractivity contribution >= 4 is 23.8 Å². The molecule has 3 rings (SSSR count). The lowest BCUT2D eigenvalue weighted by Crippen LogP contribution is -2.54. The van der Waals surface area contributed by atoms with Crippen LogP contribution in [0.2, 0.25) is 0 Å². The third-order valence-corrected chi connectivity index (χ3v) is 5.46. The van der Waals surface area contributed by atoms with E-state index in [0.29, 0.717) is 19.4 Å². The van der Waals surface area contributed by atoms with Gasteiger partial charge in [0.1, 0.15) is 12.1 Å². The summed E-state index contributed by atoms with van der Waals surface area (Å²) in [7, 11) is 1.62. The standard InChI is InChI=1S/C25H29N3O3/c1-28(23(29)16-15-19-10-4-2-5-11-19)22(18-20-12-6-3-7-13-20)25(31)27-21-14-8-9-17-26-24(21)30/h2-7,10-13,15-16,21-22H,8-9,14,17-18H2,1H3,(H,26,30)(H,27,31)/b16-15+/t21-,22-/m0/s1. The van der Waals surface area contributed by atoms with E-state index in [1.165, 1.54) is 11.0 Å². The van der Waals surface area contributed by atoms with Crippen LogP contribution < -0.4 is 10.6 Å². The third kappa shape index (κ3) is 6.54. The molecule has 2 N–H and O–H groups in total. The van der Waals surface area contributed by atoms with Gasteiger partial charge in [-0.05, 0) is 36.5 Å². The van der Waals surface area contributed by atoms with Crippen LogP contribution in [0.25, 0.3) is 6.08 Å². The molecule has 0 aliphatic carbocycles. The Kier molecular flexibility index (Phi) is 7.98. The molecule has 0 bridgehead atoms. The molecule has 162 valence electrons. The zero-order valence-corrected chi connectivity index (χ0v) is 17.8. The number of nitrogens with zero attached hydrogens (tertiary/aromatic N) is 1. The van der Waals surface area contributed by atoms with Crippen molar-refractivity contribution < 1.29 is 14.4 Å². The van der Waals surface area contributed by atoms with E-state index in [1.54, 1.807) is 13.1 Å². The minimum atomic E-state index is -0.730. The minimum absolute atomic E-state index is 0.165. The van der Waals surface area contributed by atoms with Gasteiger partial charge in [0, 0.05) is 26.1 Å². The van der Waals surface area contributed by atoms with Crippen LogP contribution in [0, 0.1) is 0 Å². The van der Waals surface area contributed by atoms with Crippen molar-refractivity contribution in [2.45, 2.75) is 37.8 Å². The number of hydrogen-bond donors (Lipinski definition) is 2. The first-order valence-corrected chi connectivity index (χ1v) is 10.7. The van der Waals surface area contributed by atoms with Crippen LogP contribution in [0.3, 0.4) is 0 Å². The lowest BCUT2D eigenvalue weighted by Gasteiger charge is -2.28. The summed E-state index contributed by atoms with van der Waals surface area (Å²) in [5.74, 6) is -0.762. The largest absolute Gasteiger partial charge is 0.354 e. The maximum Gasteiger partial charge on any atom is 0.247 e. The zero-order valence-electron chi connectivity index (χ0n) is 17.8. The van der Waals surface area contributed by atoms with Crippen molar-refractivity contribution in [3.63, 3.8) is 0 Å². The number of nitrogens with one attached hydrogen (secondary N) is 2. The second-order valence-electron chi connectivity index (χ2n) is 7.75. The molecule has 2 aromatic carbocycles. The number of carbonyl (C=O) groups is 3. The Balaban J connectivity index is 1.76. The summed E-state index contributed by atoms with van der Waals surface area (Å²) in [5, 5.41) is 5.70. The molecule has 6 heteroatoms. The number of rotatable bonds is 7. The topological polar surface area (TPSA) is 78.5 Å². The average molecular weight is 420 g/mol. The van der Waals surface area contributed by atoms with Crippen molar-refractivity contribution in [1.29, 1.82) is 0 Å². The number of amides is 3. The van der Waals surface area contributed by atoms with E-state index in [4.69, 9.17) is 0 Å². The molecule has 0 radical (unpaired) electrons. The van der Waals surface area contributed by atoms with Gasteiger partial charge in [-0.1, -0.05) is 60.7 Å². The average Bonchev–Trinajstić information content (AvgIpc) is 3.00. The lowest BCUT2D eigenvalue weighted by molar-refractivity contribution is -0.137. The van der Waals surface area contributed by atoms with Gasteiger partial charge in [-0.25, -0.2) is 0 Å². The molecule has 0 spiro atoms. The van der Waals surface area contributed by atoms with Crippen molar-refractivity contribution in [2.75, 3.05) is 13.6 Å². The molecule has 0 aromatic heterocycles. The summed E-state index contributed by atoms with van der Waals surface area (Å²) < 4.78 is 0. The number of benzene rings is 2. The van der Waals surface area contributed by atoms with Crippen LogP contribution in [0.5, 0.6) is 0 Å². The Morgan fingerprint density at radius 2 is 1.77 bits per heavy atom. The van der Waals surface area contributed by atoms with E-state index in [-0.39, 0.29) is 17.7 Å². The highest BCUT2D eigenvalue weighted by atomic mass is 16.2. The second-order valence-corrected chi connectivity index (χ2v) is 7.75. The fourth-order valence-electron chi connectivity index (χ4n) is 3.59. The van der Waals surface area contributed by atoms with Gasteiger partial charge in [-0.2, -0.15) is 0 Å². The minimum Gasteiger partial charge on any atom is -0.354 e. The van der Waals surface area contributed by atoms with Crippen molar-refractivity contribution in [3.8, 4) is 0 Å². The van der Waals surface area contributed by atoms with Gasteiger partial charge in [0.05, 0.1) is 0 Å². The summed E-state index contributed by atoms with van der Waals surface area (Å²) in [6.45, 7) is 0.626. The Bertz CT molecular complexity index is 912. The van der Waals surface area contributed by atoms with E-state index >= 15 is 0 Å². The van der Waals surface area contributed by atoms with Crippen molar-refractivity contribution in [2.24, 2.45) is 0 Å². The molecule has 0 saturated carbocycles. The van der Waals surface area contributed by atoms with Crippen LogP contribution in [-0.2, 0) is 20.8 Å². The molecule has 2 atom stereocenters. The summed E-state index contributed by atoms with van der Waals surface area (Å²) in [5.41, 5.74) is 1.85. The van der Waals surface area contributed by atoms with Crippen LogP contribution in [0.1, 0.15) is 30.4 Å². The molecule has 1 heterocycles. The molecule has 1 fully saturated rings. The predicted molar refractivity (Wildman–Crippen MR) is 121 cm³/mol. The smallest absolute Gasteiger partial charge is 0.247 e. The summed E-state index contributed by atoms with van der Waals surface area (Å²) in [6.07, 6.45) is 5.92. The predicted octanol–water partition coefficient (Wildman–Crippen LogP) is 2.55. The van der Waals surface area contributed by atoms with Crippen molar-refractivity contribution in [3.05, 3.63) is 77.9 Å². The molecule has 31 heavy (non-hydrogen) atoms. The van der Waals surface area contributed by atoms with Crippen molar-refractivity contribution in [1.82, 2.24) is 15.5 Å². The van der Waals surface area contributed by atoms with Gasteiger partial charge in [-0.15, -0.1) is 0 Å². The Labute approximate surface area is 183 Å². The monoisotopic (exact) mass is 419 g/mol. The quantitative estimate of drug-likeness (QED) is 0.677. The number of carbonyl (C=O) groups excluding carboxylic acids is 3. The van der Waals surface area contributed by atoms with Gasteiger partial charge in [-0.3, -0.25) is 14.4 Å².